The number of nitrogens with one attached hydrogen (secondary N) is 1. The Morgan fingerprint density at radius 1 is 1.35 bits per heavy atom. The van der Waals surface area contributed by atoms with E-state index < -0.39 is 0 Å². The molecule has 1 heterocycles. The summed E-state index contributed by atoms with van der Waals surface area (Å²) < 4.78 is 11.2. The second-order valence-electron chi connectivity index (χ2n) is 5.39. The lowest BCUT2D eigenvalue weighted by Crippen LogP contribution is -2.23. The molecule has 1 aromatic rings. The first kappa shape index (κ1) is 15.5. The summed E-state index contributed by atoms with van der Waals surface area (Å²) in [5.41, 5.74) is 1.37. The highest BCUT2D eigenvalue weighted by Gasteiger charge is 2.15. The molecule has 2 unspecified atom stereocenters. The molecule has 0 amide bonds. The molecular formula is C17H27NO2. The summed E-state index contributed by atoms with van der Waals surface area (Å²) >= 11 is 0. The fourth-order valence-electron chi connectivity index (χ4n) is 2.62. The van der Waals surface area contributed by atoms with Crippen LogP contribution in [0.1, 0.15) is 44.2 Å². The van der Waals surface area contributed by atoms with Crippen LogP contribution in [0.2, 0.25) is 0 Å². The van der Waals surface area contributed by atoms with Crippen molar-refractivity contribution in [3.8, 4) is 0 Å². The first-order chi connectivity index (χ1) is 9.90. The van der Waals surface area contributed by atoms with Gasteiger partial charge in [0.15, 0.2) is 0 Å². The van der Waals surface area contributed by atoms with Crippen LogP contribution in [0.3, 0.4) is 0 Å². The van der Waals surface area contributed by atoms with Crippen molar-refractivity contribution >= 4 is 0 Å². The van der Waals surface area contributed by atoms with Gasteiger partial charge in [-0.2, -0.15) is 0 Å². The third-order valence-corrected chi connectivity index (χ3v) is 3.79. The van der Waals surface area contributed by atoms with E-state index in [1.54, 1.807) is 0 Å². The summed E-state index contributed by atoms with van der Waals surface area (Å²) in [6.45, 7) is 5.70. The molecule has 0 bridgehead atoms. The summed E-state index contributed by atoms with van der Waals surface area (Å²) in [7, 11) is 0. The molecule has 1 fully saturated rings. The summed E-state index contributed by atoms with van der Waals surface area (Å²) in [5, 5.41) is 3.60. The summed E-state index contributed by atoms with van der Waals surface area (Å²) in [4.78, 5) is 0. The van der Waals surface area contributed by atoms with E-state index in [1.165, 1.54) is 12.0 Å². The lowest BCUT2D eigenvalue weighted by atomic mass is 10.0. The average molecular weight is 277 g/mol. The smallest absolute Gasteiger partial charge is 0.0809 e. The van der Waals surface area contributed by atoms with Gasteiger partial charge in [-0.25, -0.2) is 0 Å². The lowest BCUT2D eigenvalue weighted by Gasteiger charge is -2.17. The monoisotopic (exact) mass is 277 g/mol. The van der Waals surface area contributed by atoms with E-state index in [1.807, 2.05) is 0 Å². The Kier molecular flexibility index (Phi) is 7.06. The third kappa shape index (κ3) is 5.23. The Bertz CT molecular complexity index is 349. The van der Waals surface area contributed by atoms with Crippen molar-refractivity contribution in [2.45, 2.75) is 44.8 Å². The van der Waals surface area contributed by atoms with Crippen LogP contribution in [0.25, 0.3) is 0 Å². The Morgan fingerprint density at radius 3 is 2.90 bits per heavy atom. The Labute approximate surface area is 122 Å². The Morgan fingerprint density at radius 2 is 2.20 bits per heavy atom. The minimum atomic E-state index is 0.343. The van der Waals surface area contributed by atoms with Gasteiger partial charge in [0, 0.05) is 19.3 Å². The summed E-state index contributed by atoms with van der Waals surface area (Å²) in [6, 6.07) is 11.1. The van der Waals surface area contributed by atoms with Crippen molar-refractivity contribution in [3.63, 3.8) is 0 Å². The van der Waals surface area contributed by atoms with E-state index in [0.29, 0.717) is 12.1 Å². The number of rotatable bonds is 9. The highest BCUT2D eigenvalue weighted by Crippen LogP contribution is 2.15. The molecule has 112 valence electrons. The first-order valence-electron chi connectivity index (χ1n) is 7.88. The van der Waals surface area contributed by atoms with Crippen molar-refractivity contribution in [2.24, 2.45) is 0 Å². The summed E-state index contributed by atoms with van der Waals surface area (Å²) in [6.07, 6.45) is 4.85. The van der Waals surface area contributed by atoms with Crippen LogP contribution >= 0.6 is 0 Å². The van der Waals surface area contributed by atoms with Crippen molar-refractivity contribution in [3.05, 3.63) is 35.9 Å². The van der Waals surface area contributed by atoms with Crippen LogP contribution in [0.4, 0.5) is 0 Å². The van der Waals surface area contributed by atoms with Crippen LogP contribution < -0.4 is 5.32 Å². The number of ether oxygens (including phenoxy) is 2. The molecule has 0 aliphatic carbocycles. The first-order valence-corrected chi connectivity index (χ1v) is 7.88. The third-order valence-electron chi connectivity index (χ3n) is 3.79. The standard InChI is InChI=1S/C17H27NO2/c1-2-17(15-8-4-3-5-9-15)18-11-7-12-19-14-16-10-6-13-20-16/h3-5,8-9,16-18H,2,6-7,10-14H2,1H3. The number of hydrogen-bond acceptors (Lipinski definition) is 3. The maximum absolute atomic E-state index is 5.67. The van der Waals surface area contributed by atoms with Crippen LogP contribution in [-0.2, 0) is 9.47 Å². The van der Waals surface area contributed by atoms with Crippen molar-refractivity contribution in [1.29, 1.82) is 0 Å². The molecule has 0 radical (unpaired) electrons. The molecule has 2 atom stereocenters. The fraction of sp³-hybridized carbons (Fsp3) is 0.647. The van der Waals surface area contributed by atoms with E-state index >= 15 is 0 Å². The van der Waals surface area contributed by atoms with E-state index in [4.69, 9.17) is 9.47 Å². The Balaban J connectivity index is 1.55. The van der Waals surface area contributed by atoms with Gasteiger partial charge in [0.1, 0.15) is 0 Å². The maximum Gasteiger partial charge on any atom is 0.0809 e. The highest BCUT2D eigenvalue weighted by molar-refractivity contribution is 5.18. The second-order valence-corrected chi connectivity index (χ2v) is 5.39. The maximum atomic E-state index is 5.67. The van der Waals surface area contributed by atoms with Crippen molar-refractivity contribution in [2.75, 3.05) is 26.4 Å². The number of benzene rings is 1. The van der Waals surface area contributed by atoms with Crippen LogP contribution in [0, 0.1) is 0 Å². The molecule has 0 spiro atoms. The predicted molar refractivity (Wildman–Crippen MR) is 81.9 cm³/mol. The molecule has 1 N–H and O–H groups in total. The summed E-state index contributed by atoms with van der Waals surface area (Å²) in [5.74, 6) is 0. The zero-order chi connectivity index (χ0) is 14.0. The van der Waals surface area contributed by atoms with Gasteiger partial charge in [0.2, 0.25) is 0 Å². The molecule has 1 aliphatic rings. The van der Waals surface area contributed by atoms with Crippen LogP contribution in [0.15, 0.2) is 30.3 Å². The van der Waals surface area contributed by atoms with Gasteiger partial charge in [-0.15, -0.1) is 0 Å². The molecule has 1 saturated heterocycles. The predicted octanol–water partition coefficient (Wildman–Crippen LogP) is 3.31. The van der Waals surface area contributed by atoms with Gasteiger partial charge in [0.25, 0.3) is 0 Å². The second kappa shape index (κ2) is 9.11. The zero-order valence-electron chi connectivity index (χ0n) is 12.5. The quantitative estimate of drug-likeness (QED) is 0.702. The minimum absolute atomic E-state index is 0.343. The highest BCUT2D eigenvalue weighted by atomic mass is 16.5. The SMILES string of the molecule is CCC(NCCCOCC1CCCO1)c1ccccc1. The molecule has 3 heteroatoms. The molecule has 0 saturated carbocycles. The van der Waals surface area contributed by atoms with Gasteiger partial charge >= 0.3 is 0 Å². The van der Waals surface area contributed by atoms with E-state index in [-0.39, 0.29) is 0 Å². The molecule has 0 aromatic heterocycles. The van der Waals surface area contributed by atoms with E-state index in [0.717, 1.165) is 45.6 Å². The molecule has 3 nitrogen and oxygen atoms in total. The average Bonchev–Trinajstić information content (AvgIpc) is 3.01. The van der Waals surface area contributed by atoms with E-state index in [2.05, 4.69) is 42.6 Å². The number of hydrogen-bond donors (Lipinski definition) is 1. The van der Waals surface area contributed by atoms with Gasteiger partial charge in [0.05, 0.1) is 12.7 Å². The van der Waals surface area contributed by atoms with Gasteiger partial charge in [-0.05, 0) is 37.8 Å². The zero-order valence-corrected chi connectivity index (χ0v) is 12.5. The van der Waals surface area contributed by atoms with Crippen LogP contribution in [-0.4, -0.2) is 32.5 Å². The van der Waals surface area contributed by atoms with Gasteiger partial charge in [-0.3, -0.25) is 0 Å². The lowest BCUT2D eigenvalue weighted by molar-refractivity contribution is 0.0165. The molecule has 1 aliphatic heterocycles. The molecule has 20 heavy (non-hydrogen) atoms. The fourth-order valence-corrected chi connectivity index (χ4v) is 2.62. The van der Waals surface area contributed by atoms with Gasteiger partial charge < -0.3 is 14.8 Å². The van der Waals surface area contributed by atoms with Crippen LogP contribution in [0.5, 0.6) is 0 Å². The topological polar surface area (TPSA) is 30.5 Å². The molecule has 1 aromatic carbocycles. The van der Waals surface area contributed by atoms with Gasteiger partial charge in [-0.1, -0.05) is 37.3 Å². The minimum Gasteiger partial charge on any atom is -0.379 e. The molecular weight excluding hydrogens is 250 g/mol. The van der Waals surface area contributed by atoms with Crippen molar-refractivity contribution < 1.29 is 9.47 Å². The van der Waals surface area contributed by atoms with Crippen molar-refractivity contribution in [1.82, 2.24) is 5.32 Å². The Hall–Kier alpha value is -0.900. The molecule has 2 rings (SSSR count). The van der Waals surface area contributed by atoms with E-state index in [9.17, 15) is 0 Å². The normalized spacial score (nSPS) is 20.1. The largest absolute Gasteiger partial charge is 0.379 e.